The Morgan fingerprint density at radius 3 is 2.42 bits per heavy atom. The van der Waals surface area contributed by atoms with Crippen molar-refractivity contribution in [1.29, 1.82) is 0 Å². The number of methoxy groups -OCH3 is 1. The summed E-state index contributed by atoms with van der Waals surface area (Å²) < 4.78 is 53.8. The van der Waals surface area contributed by atoms with Crippen LogP contribution in [-0.4, -0.2) is 44.7 Å². The molecule has 0 atom stereocenters. The number of hydrogen-bond acceptors (Lipinski definition) is 6. The Kier molecular flexibility index (Phi) is 9.95. The number of hydrogen-bond donors (Lipinski definition) is 0. The van der Waals surface area contributed by atoms with Crippen LogP contribution in [0.2, 0.25) is 0 Å². The third kappa shape index (κ3) is 7.10. The highest BCUT2D eigenvalue weighted by atomic mass is 32.2. The quantitative estimate of drug-likeness (QED) is 0.250. The molecular formula is C26H31FN2O5S2. The molecule has 36 heavy (non-hydrogen) atoms. The van der Waals surface area contributed by atoms with Gasteiger partial charge in [-0.15, -0.1) is 4.40 Å². The molecule has 1 amide bonds. The highest BCUT2D eigenvalue weighted by Crippen LogP contribution is 2.35. The number of amidine groups is 1. The number of thioether (sulfide) groups is 1. The van der Waals surface area contributed by atoms with E-state index in [1.807, 2.05) is 6.07 Å². The number of sulfonamides is 1. The summed E-state index contributed by atoms with van der Waals surface area (Å²) in [5.41, 5.74) is 0.705. The van der Waals surface area contributed by atoms with Crippen LogP contribution >= 0.6 is 11.8 Å². The van der Waals surface area contributed by atoms with E-state index in [9.17, 15) is 17.6 Å². The SMILES string of the molecule is CCCCCCCOc1ccc(C=C2SC(=NS(=O)(=O)c3ccc(F)cc3)N(CC)C2=O)cc1OC. The van der Waals surface area contributed by atoms with Crippen LogP contribution in [0, 0.1) is 5.82 Å². The minimum atomic E-state index is -4.11. The van der Waals surface area contributed by atoms with Crippen molar-refractivity contribution in [3.63, 3.8) is 0 Å². The zero-order chi connectivity index (χ0) is 26.1. The Hall–Kier alpha value is -2.85. The Labute approximate surface area is 216 Å². The average molecular weight is 535 g/mol. The molecule has 1 fully saturated rings. The van der Waals surface area contributed by atoms with E-state index in [2.05, 4.69) is 11.3 Å². The number of carbonyl (C=O) groups excluding carboxylic acids is 1. The number of unbranched alkanes of at least 4 members (excludes halogenated alkanes) is 4. The van der Waals surface area contributed by atoms with E-state index in [1.54, 1.807) is 32.2 Å². The van der Waals surface area contributed by atoms with Gasteiger partial charge in [-0.25, -0.2) is 4.39 Å². The van der Waals surface area contributed by atoms with E-state index < -0.39 is 15.8 Å². The highest BCUT2D eigenvalue weighted by Gasteiger charge is 2.34. The molecule has 0 unspecified atom stereocenters. The van der Waals surface area contributed by atoms with Crippen molar-refractivity contribution in [3.8, 4) is 11.5 Å². The maximum atomic E-state index is 13.2. The maximum absolute atomic E-state index is 13.2. The smallest absolute Gasteiger partial charge is 0.284 e. The van der Waals surface area contributed by atoms with Gasteiger partial charge < -0.3 is 9.47 Å². The number of likely N-dealkylation sites (N-methyl/N-ethyl adjacent to an activating group) is 1. The fourth-order valence-electron chi connectivity index (χ4n) is 3.55. The summed E-state index contributed by atoms with van der Waals surface area (Å²) in [5.74, 6) is 0.282. The first-order valence-electron chi connectivity index (χ1n) is 11.9. The van der Waals surface area contributed by atoms with Crippen molar-refractivity contribution in [2.75, 3.05) is 20.3 Å². The summed E-state index contributed by atoms with van der Waals surface area (Å²) in [4.78, 5) is 14.4. The molecule has 0 N–H and O–H groups in total. The zero-order valence-corrected chi connectivity index (χ0v) is 22.3. The van der Waals surface area contributed by atoms with Crippen LogP contribution in [-0.2, 0) is 14.8 Å². The number of carbonyl (C=O) groups is 1. The van der Waals surface area contributed by atoms with Crippen molar-refractivity contribution in [1.82, 2.24) is 4.90 Å². The van der Waals surface area contributed by atoms with Crippen molar-refractivity contribution in [2.45, 2.75) is 50.8 Å². The summed E-state index contributed by atoms with van der Waals surface area (Å²) in [7, 11) is -2.56. The van der Waals surface area contributed by atoms with Crippen LogP contribution in [0.15, 0.2) is 56.7 Å². The van der Waals surface area contributed by atoms with Gasteiger partial charge in [0, 0.05) is 6.54 Å². The number of ether oxygens (including phenoxy) is 2. The molecule has 0 spiro atoms. The first-order valence-corrected chi connectivity index (χ1v) is 14.2. The van der Waals surface area contributed by atoms with Gasteiger partial charge in [0.1, 0.15) is 5.82 Å². The number of nitrogens with zero attached hydrogens (tertiary/aromatic N) is 2. The third-order valence-corrected chi connectivity index (χ3v) is 7.91. The van der Waals surface area contributed by atoms with Crippen molar-refractivity contribution >= 4 is 38.9 Å². The van der Waals surface area contributed by atoms with Crippen LogP contribution in [0.1, 0.15) is 51.5 Å². The second-order valence-electron chi connectivity index (χ2n) is 8.14. The standard InChI is InChI=1S/C26H31FN2O5S2/c1-4-6-7-8-9-16-34-22-15-10-19(17-23(22)33-3)18-24-25(30)29(5-2)26(35-24)28-36(31,32)21-13-11-20(27)12-14-21/h10-15,17-18H,4-9,16H2,1-3H3. The minimum Gasteiger partial charge on any atom is -0.493 e. The summed E-state index contributed by atoms with van der Waals surface area (Å²) in [6, 6.07) is 9.78. The van der Waals surface area contributed by atoms with Gasteiger partial charge in [-0.05, 0) is 73.1 Å². The fourth-order valence-corrected chi connectivity index (χ4v) is 5.79. The Morgan fingerprint density at radius 2 is 1.75 bits per heavy atom. The van der Waals surface area contributed by atoms with Crippen LogP contribution < -0.4 is 9.47 Å². The lowest BCUT2D eigenvalue weighted by Crippen LogP contribution is -2.29. The normalized spacial score (nSPS) is 16.2. The van der Waals surface area contributed by atoms with Crippen LogP contribution in [0.5, 0.6) is 11.5 Å². The highest BCUT2D eigenvalue weighted by molar-refractivity contribution is 8.19. The molecule has 7 nitrogen and oxygen atoms in total. The molecule has 1 saturated heterocycles. The van der Waals surface area contributed by atoms with Gasteiger partial charge in [-0.2, -0.15) is 8.42 Å². The van der Waals surface area contributed by atoms with Crippen molar-refractivity contribution in [2.24, 2.45) is 4.40 Å². The van der Waals surface area contributed by atoms with Gasteiger partial charge in [-0.3, -0.25) is 9.69 Å². The summed E-state index contributed by atoms with van der Waals surface area (Å²) in [5, 5.41) is 0.0491. The van der Waals surface area contributed by atoms with E-state index >= 15 is 0 Å². The van der Waals surface area contributed by atoms with Crippen LogP contribution in [0.25, 0.3) is 6.08 Å². The molecule has 1 aliphatic rings. The average Bonchev–Trinajstić information content (AvgIpc) is 3.14. The second kappa shape index (κ2) is 12.9. The Morgan fingerprint density at radius 1 is 1.03 bits per heavy atom. The molecule has 0 saturated carbocycles. The van der Waals surface area contributed by atoms with E-state index in [1.165, 1.54) is 24.2 Å². The van der Waals surface area contributed by atoms with Gasteiger partial charge in [0.15, 0.2) is 16.7 Å². The predicted octanol–water partition coefficient (Wildman–Crippen LogP) is 5.86. The summed E-state index contributed by atoms with van der Waals surface area (Å²) in [6.07, 6.45) is 7.37. The molecule has 1 heterocycles. The molecule has 3 rings (SSSR count). The largest absolute Gasteiger partial charge is 0.493 e. The lowest BCUT2D eigenvalue weighted by atomic mass is 10.1. The monoisotopic (exact) mass is 534 g/mol. The molecular weight excluding hydrogens is 503 g/mol. The van der Waals surface area contributed by atoms with Crippen molar-refractivity contribution < 1.29 is 27.1 Å². The lowest BCUT2D eigenvalue weighted by Gasteiger charge is -2.12. The number of rotatable bonds is 12. The maximum Gasteiger partial charge on any atom is 0.284 e. The summed E-state index contributed by atoms with van der Waals surface area (Å²) >= 11 is 0.974. The first kappa shape index (κ1) is 27.7. The molecule has 0 aliphatic carbocycles. The Balaban J connectivity index is 1.77. The van der Waals surface area contributed by atoms with Gasteiger partial charge in [-0.1, -0.05) is 38.7 Å². The van der Waals surface area contributed by atoms with E-state index in [0.29, 0.717) is 28.6 Å². The predicted molar refractivity (Wildman–Crippen MR) is 141 cm³/mol. The topological polar surface area (TPSA) is 85.3 Å². The molecule has 0 aromatic heterocycles. The lowest BCUT2D eigenvalue weighted by molar-refractivity contribution is -0.122. The van der Waals surface area contributed by atoms with Crippen LogP contribution in [0.4, 0.5) is 4.39 Å². The second-order valence-corrected chi connectivity index (χ2v) is 10.7. The van der Waals surface area contributed by atoms with Gasteiger partial charge in [0.25, 0.3) is 15.9 Å². The molecule has 10 heteroatoms. The third-order valence-electron chi connectivity index (χ3n) is 5.50. The van der Waals surface area contributed by atoms with Gasteiger partial charge in [0.05, 0.1) is 23.5 Å². The van der Waals surface area contributed by atoms with Gasteiger partial charge in [0.2, 0.25) is 0 Å². The number of amides is 1. The first-order chi connectivity index (χ1) is 17.3. The Bertz CT molecular complexity index is 1230. The van der Waals surface area contributed by atoms with Gasteiger partial charge >= 0.3 is 0 Å². The van der Waals surface area contributed by atoms with Crippen LogP contribution in [0.3, 0.4) is 0 Å². The minimum absolute atomic E-state index is 0.0491. The molecule has 2 aromatic carbocycles. The summed E-state index contributed by atoms with van der Waals surface area (Å²) in [6.45, 7) is 4.76. The molecule has 194 valence electrons. The van der Waals surface area contributed by atoms with E-state index in [4.69, 9.17) is 9.47 Å². The fraction of sp³-hybridized carbons (Fsp3) is 0.385. The van der Waals surface area contributed by atoms with E-state index in [0.717, 1.165) is 48.9 Å². The molecule has 0 radical (unpaired) electrons. The number of benzene rings is 2. The molecule has 0 bridgehead atoms. The van der Waals surface area contributed by atoms with E-state index in [-0.39, 0.29) is 22.5 Å². The number of halogens is 1. The van der Waals surface area contributed by atoms with Crippen molar-refractivity contribution in [3.05, 3.63) is 58.8 Å². The molecule has 1 aliphatic heterocycles. The zero-order valence-electron chi connectivity index (χ0n) is 20.7. The molecule has 2 aromatic rings.